The Morgan fingerprint density at radius 2 is 1.68 bits per heavy atom. The quantitative estimate of drug-likeness (QED) is 0.668. The Bertz CT molecular complexity index is 523. The van der Waals surface area contributed by atoms with Crippen molar-refractivity contribution in [1.82, 2.24) is 0 Å². The van der Waals surface area contributed by atoms with E-state index < -0.39 is 11.7 Å². The molecule has 19 heavy (non-hydrogen) atoms. The highest BCUT2D eigenvalue weighted by atomic mass is 32.1. The molecule has 102 valence electrons. The predicted molar refractivity (Wildman–Crippen MR) is 73.4 cm³/mol. The summed E-state index contributed by atoms with van der Waals surface area (Å²) in [5.41, 5.74) is 0.250. The fourth-order valence-electron chi connectivity index (χ4n) is 1.84. The molecule has 0 fully saturated rings. The largest absolute Gasteiger partial charge is 0.416 e. The van der Waals surface area contributed by atoms with Crippen molar-refractivity contribution in [2.45, 2.75) is 32.4 Å². The molecular weight excluding hydrogens is 269 g/mol. The van der Waals surface area contributed by atoms with Gasteiger partial charge in [-0.2, -0.15) is 13.2 Å². The van der Waals surface area contributed by atoms with Crippen LogP contribution in [0.25, 0.3) is 10.4 Å². The number of hydrogen-bond acceptors (Lipinski definition) is 1. The van der Waals surface area contributed by atoms with Crippen LogP contribution in [0.5, 0.6) is 0 Å². The van der Waals surface area contributed by atoms with Crippen molar-refractivity contribution < 1.29 is 13.2 Å². The molecule has 0 saturated carbocycles. The Kier molecular flexibility index (Phi) is 4.30. The van der Waals surface area contributed by atoms with Crippen molar-refractivity contribution in [1.29, 1.82) is 0 Å². The van der Waals surface area contributed by atoms with Crippen LogP contribution >= 0.6 is 11.3 Å². The van der Waals surface area contributed by atoms with Crippen LogP contribution in [0.2, 0.25) is 0 Å². The van der Waals surface area contributed by atoms with E-state index in [2.05, 4.69) is 13.0 Å². The molecule has 0 unspecified atom stereocenters. The van der Waals surface area contributed by atoms with Gasteiger partial charge in [0.25, 0.3) is 0 Å². The molecular formula is C15H15F3S. The second kappa shape index (κ2) is 5.78. The second-order valence-corrected chi connectivity index (χ2v) is 5.61. The molecule has 2 aromatic rings. The number of unbranched alkanes of at least 4 members (excludes halogenated alkanes) is 1. The Hall–Kier alpha value is -1.29. The maximum Gasteiger partial charge on any atom is 0.416 e. The Morgan fingerprint density at radius 3 is 2.26 bits per heavy atom. The lowest BCUT2D eigenvalue weighted by atomic mass is 10.1. The first-order chi connectivity index (χ1) is 9.00. The van der Waals surface area contributed by atoms with Crippen molar-refractivity contribution in [2.75, 3.05) is 0 Å². The van der Waals surface area contributed by atoms with Crippen LogP contribution in [-0.2, 0) is 12.6 Å². The summed E-state index contributed by atoms with van der Waals surface area (Å²) in [6.07, 6.45) is -0.928. The fraction of sp³-hybridized carbons (Fsp3) is 0.333. The van der Waals surface area contributed by atoms with Gasteiger partial charge in [0.2, 0.25) is 0 Å². The maximum atomic E-state index is 12.5. The van der Waals surface area contributed by atoms with Crippen molar-refractivity contribution in [3.8, 4) is 10.4 Å². The highest BCUT2D eigenvalue weighted by molar-refractivity contribution is 7.15. The third-order valence-electron chi connectivity index (χ3n) is 2.94. The zero-order valence-electron chi connectivity index (χ0n) is 10.6. The van der Waals surface area contributed by atoms with E-state index in [-0.39, 0.29) is 0 Å². The third kappa shape index (κ3) is 3.60. The molecule has 1 heterocycles. The van der Waals surface area contributed by atoms with Crippen LogP contribution in [0.1, 0.15) is 30.2 Å². The lowest BCUT2D eigenvalue weighted by Crippen LogP contribution is -2.03. The zero-order valence-corrected chi connectivity index (χ0v) is 11.4. The molecule has 1 aromatic carbocycles. The van der Waals surface area contributed by atoms with E-state index in [0.29, 0.717) is 0 Å². The van der Waals surface area contributed by atoms with Gasteiger partial charge < -0.3 is 0 Å². The number of hydrogen-bond donors (Lipinski definition) is 0. The summed E-state index contributed by atoms with van der Waals surface area (Å²) in [5, 5.41) is 0. The Labute approximate surface area is 114 Å². The topological polar surface area (TPSA) is 0 Å². The van der Waals surface area contributed by atoms with Gasteiger partial charge >= 0.3 is 6.18 Å². The van der Waals surface area contributed by atoms with Gasteiger partial charge in [-0.3, -0.25) is 0 Å². The van der Waals surface area contributed by atoms with Crippen LogP contribution in [0.15, 0.2) is 36.4 Å². The van der Waals surface area contributed by atoms with E-state index >= 15 is 0 Å². The van der Waals surface area contributed by atoms with Gasteiger partial charge in [-0.15, -0.1) is 11.3 Å². The van der Waals surface area contributed by atoms with Crippen molar-refractivity contribution >= 4 is 11.3 Å². The summed E-state index contributed by atoms with van der Waals surface area (Å²) in [7, 11) is 0. The number of benzene rings is 1. The average molecular weight is 284 g/mol. The standard InChI is InChI=1S/C15H15F3S/c1-2-3-4-13-9-10-14(19-13)11-5-7-12(8-6-11)15(16,17)18/h5-10H,2-4H2,1H3. The van der Waals surface area contributed by atoms with Gasteiger partial charge in [0, 0.05) is 9.75 Å². The Morgan fingerprint density at radius 1 is 1.00 bits per heavy atom. The molecule has 2 rings (SSSR count). The minimum atomic E-state index is -4.26. The van der Waals surface area contributed by atoms with Gasteiger partial charge in [0.1, 0.15) is 0 Å². The minimum Gasteiger partial charge on any atom is -0.166 e. The summed E-state index contributed by atoms with van der Waals surface area (Å²) < 4.78 is 37.4. The molecule has 1 aromatic heterocycles. The fourth-order valence-corrected chi connectivity index (χ4v) is 2.90. The smallest absolute Gasteiger partial charge is 0.166 e. The molecule has 0 nitrogen and oxygen atoms in total. The highest BCUT2D eigenvalue weighted by Gasteiger charge is 2.29. The Balaban J connectivity index is 2.16. The van der Waals surface area contributed by atoms with Crippen molar-refractivity contribution in [3.05, 3.63) is 46.8 Å². The van der Waals surface area contributed by atoms with Crippen LogP contribution in [0, 0.1) is 0 Å². The first kappa shape index (κ1) is 14.1. The first-order valence-electron chi connectivity index (χ1n) is 6.27. The second-order valence-electron chi connectivity index (χ2n) is 4.44. The molecule has 0 aliphatic heterocycles. The van der Waals surface area contributed by atoms with Crippen LogP contribution in [-0.4, -0.2) is 0 Å². The first-order valence-corrected chi connectivity index (χ1v) is 7.08. The van der Waals surface area contributed by atoms with Crippen molar-refractivity contribution in [2.24, 2.45) is 0 Å². The number of aryl methyl sites for hydroxylation is 1. The van der Waals surface area contributed by atoms with Crippen LogP contribution in [0.4, 0.5) is 13.2 Å². The lowest BCUT2D eigenvalue weighted by Gasteiger charge is -2.06. The van der Waals surface area contributed by atoms with Gasteiger partial charge in [0.05, 0.1) is 5.56 Å². The van der Waals surface area contributed by atoms with Gasteiger partial charge in [-0.05, 0) is 42.7 Å². The molecule has 4 heteroatoms. The molecule has 0 saturated heterocycles. The van der Waals surface area contributed by atoms with E-state index in [0.717, 1.165) is 41.8 Å². The van der Waals surface area contributed by atoms with E-state index in [1.54, 1.807) is 11.3 Å². The minimum absolute atomic E-state index is 0.598. The summed E-state index contributed by atoms with van der Waals surface area (Å²) in [4.78, 5) is 2.32. The normalized spacial score (nSPS) is 11.8. The number of alkyl halides is 3. The number of halogens is 3. The summed E-state index contributed by atoms with van der Waals surface area (Å²) >= 11 is 1.66. The molecule has 0 spiro atoms. The van der Waals surface area contributed by atoms with E-state index in [1.807, 2.05) is 6.07 Å². The molecule has 0 N–H and O–H groups in total. The average Bonchev–Trinajstić information content (AvgIpc) is 2.84. The zero-order chi connectivity index (χ0) is 13.9. The van der Waals surface area contributed by atoms with Gasteiger partial charge in [-0.25, -0.2) is 0 Å². The summed E-state index contributed by atoms with van der Waals surface area (Å²) in [6.45, 7) is 2.14. The third-order valence-corrected chi connectivity index (χ3v) is 4.13. The molecule has 0 radical (unpaired) electrons. The number of thiophene rings is 1. The van der Waals surface area contributed by atoms with Gasteiger partial charge in [0.15, 0.2) is 0 Å². The van der Waals surface area contributed by atoms with Crippen LogP contribution in [0.3, 0.4) is 0 Å². The summed E-state index contributed by atoms with van der Waals surface area (Å²) in [6, 6.07) is 9.41. The SMILES string of the molecule is CCCCc1ccc(-c2ccc(C(F)(F)F)cc2)s1. The molecule has 0 amide bonds. The van der Waals surface area contributed by atoms with Gasteiger partial charge in [-0.1, -0.05) is 25.5 Å². The highest BCUT2D eigenvalue weighted by Crippen LogP contribution is 2.33. The predicted octanol–water partition coefficient (Wildman–Crippen LogP) is 5.78. The monoisotopic (exact) mass is 284 g/mol. The lowest BCUT2D eigenvalue weighted by molar-refractivity contribution is -0.137. The van der Waals surface area contributed by atoms with E-state index in [9.17, 15) is 13.2 Å². The van der Waals surface area contributed by atoms with E-state index in [4.69, 9.17) is 0 Å². The van der Waals surface area contributed by atoms with E-state index in [1.165, 1.54) is 17.0 Å². The number of rotatable bonds is 4. The van der Waals surface area contributed by atoms with Crippen LogP contribution < -0.4 is 0 Å². The molecule has 0 bridgehead atoms. The summed E-state index contributed by atoms with van der Waals surface area (Å²) in [5.74, 6) is 0. The molecule has 0 atom stereocenters. The van der Waals surface area contributed by atoms with Crippen molar-refractivity contribution in [3.63, 3.8) is 0 Å². The molecule has 0 aliphatic carbocycles. The molecule has 0 aliphatic rings. The maximum absolute atomic E-state index is 12.5.